The van der Waals surface area contributed by atoms with E-state index in [-0.39, 0.29) is 17.0 Å². The maximum absolute atomic E-state index is 12.4. The molecule has 0 spiro atoms. The van der Waals surface area contributed by atoms with E-state index in [2.05, 4.69) is 5.32 Å². The number of hydrogen-bond acceptors (Lipinski definition) is 4. The van der Waals surface area contributed by atoms with Gasteiger partial charge in [-0.2, -0.15) is 0 Å². The SMILES string of the molecule is Cc1cccc(CC(CNC(=O)c2ccc(C)c(S(C)(=O)=O)c2)C(=O)O)c1. The van der Waals surface area contributed by atoms with E-state index in [0.29, 0.717) is 12.0 Å². The van der Waals surface area contributed by atoms with Crippen LogP contribution in [0.25, 0.3) is 0 Å². The van der Waals surface area contributed by atoms with Crippen LogP contribution in [0.1, 0.15) is 27.0 Å². The molecule has 1 atom stereocenters. The molecule has 2 aromatic carbocycles. The van der Waals surface area contributed by atoms with E-state index in [1.54, 1.807) is 13.0 Å². The lowest BCUT2D eigenvalue weighted by Gasteiger charge is -2.14. The molecule has 0 aliphatic carbocycles. The number of carboxylic acids is 1. The Morgan fingerprint density at radius 3 is 2.41 bits per heavy atom. The van der Waals surface area contributed by atoms with Gasteiger partial charge < -0.3 is 10.4 Å². The minimum absolute atomic E-state index is 0.0514. The topological polar surface area (TPSA) is 101 Å². The number of benzene rings is 2. The van der Waals surface area contributed by atoms with Crippen molar-refractivity contribution in [2.45, 2.75) is 25.2 Å². The quantitative estimate of drug-likeness (QED) is 0.757. The van der Waals surface area contributed by atoms with Crippen molar-refractivity contribution in [3.05, 3.63) is 64.7 Å². The van der Waals surface area contributed by atoms with Crippen LogP contribution in [0.4, 0.5) is 0 Å². The van der Waals surface area contributed by atoms with E-state index < -0.39 is 27.6 Å². The Kier molecular flexibility index (Phi) is 6.38. The zero-order valence-corrected chi connectivity index (χ0v) is 16.3. The van der Waals surface area contributed by atoms with Gasteiger partial charge in [0.15, 0.2) is 9.84 Å². The standard InChI is InChI=1S/C20H23NO5S/c1-13-5-4-6-15(9-13)10-17(20(23)24)12-21-19(22)16-8-7-14(2)18(11-16)27(3,25)26/h4-9,11,17H,10,12H2,1-3H3,(H,21,22)(H,23,24). The minimum Gasteiger partial charge on any atom is -0.481 e. The summed E-state index contributed by atoms with van der Waals surface area (Å²) >= 11 is 0. The van der Waals surface area contributed by atoms with Crippen LogP contribution in [0.2, 0.25) is 0 Å². The van der Waals surface area contributed by atoms with Crippen LogP contribution in [0.5, 0.6) is 0 Å². The average molecular weight is 389 g/mol. The highest BCUT2D eigenvalue weighted by atomic mass is 32.2. The maximum Gasteiger partial charge on any atom is 0.308 e. The van der Waals surface area contributed by atoms with Crippen LogP contribution in [0, 0.1) is 19.8 Å². The number of aryl methyl sites for hydroxylation is 2. The van der Waals surface area contributed by atoms with Crippen molar-refractivity contribution in [2.24, 2.45) is 5.92 Å². The third-order valence-electron chi connectivity index (χ3n) is 4.27. The van der Waals surface area contributed by atoms with E-state index in [1.807, 2.05) is 31.2 Å². The van der Waals surface area contributed by atoms with E-state index in [9.17, 15) is 23.1 Å². The van der Waals surface area contributed by atoms with Crippen LogP contribution < -0.4 is 5.32 Å². The molecule has 2 aromatic rings. The number of amides is 1. The van der Waals surface area contributed by atoms with Crippen molar-refractivity contribution in [1.29, 1.82) is 0 Å². The molecule has 0 fully saturated rings. The number of carbonyl (C=O) groups excluding carboxylic acids is 1. The van der Waals surface area contributed by atoms with Gasteiger partial charge in [0.1, 0.15) is 0 Å². The summed E-state index contributed by atoms with van der Waals surface area (Å²) in [6.45, 7) is 3.53. The number of carbonyl (C=O) groups is 2. The predicted octanol–water partition coefficient (Wildman–Crippen LogP) is 2.38. The second-order valence-electron chi connectivity index (χ2n) is 6.69. The highest BCUT2D eigenvalue weighted by molar-refractivity contribution is 7.90. The summed E-state index contributed by atoms with van der Waals surface area (Å²) in [5.74, 6) is -2.29. The van der Waals surface area contributed by atoms with Gasteiger partial charge in [-0.1, -0.05) is 35.9 Å². The third kappa shape index (κ3) is 5.65. The lowest BCUT2D eigenvalue weighted by molar-refractivity contribution is -0.141. The van der Waals surface area contributed by atoms with E-state index in [0.717, 1.165) is 17.4 Å². The van der Waals surface area contributed by atoms with Gasteiger partial charge in [0.25, 0.3) is 5.91 Å². The molecule has 0 bridgehead atoms. The smallest absolute Gasteiger partial charge is 0.308 e. The number of carboxylic acid groups (broad SMARTS) is 1. The van der Waals surface area contributed by atoms with Crippen LogP contribution in [-0.4, -0.2) is 38.2 Å². The third-order valence-corrected chi connectivity index (χ3v) is 5.51. The number of sulfone groups is 1. The number of aliphatic carboxylic acids is 1. The molecule has 27 heavy (non-hydrogen) atoms. The molecular formula is C20H23NO5S. The first-order valence-electron chi connectivity index (χ1n) is 8.45. The molecule has 2 rings (SSSR count). The molecule has 0 radical (unpaired) electrons. The normalized spacial score (nSPS) is 12.4. The molecule has 1 unspecified atom stereocenters. The van der Waals surface area contributed by atoms with Crippen molar-refractivity contribution < 1.29 is 23.1 Å². The van der Waals surface area contributed by atoms with Gasteiger partial charge in [-0.25, -0.2) is 8.42 Å². The molecule has 0 aromatic heterocycles. The second kappa shape index (κ2) is 8.35. The summed E-state index contributed by atoms with van der Waals surface area (Å²) in [7, 11) is -3.45. The molecule has 0 saturated carbocycles. The Labute approximate surface area is 159 Å². The number of rotatable bonds is 7. The monoisotopic (exact) mass is 389 g/mol. The lowest BCUT2D eigenvalue weighted by atomic mass is 9.98. The molecule has 0 aliphatic heterocycles. The van der Waals surface area contributed by atoms with Crippen LogP contribution >= 0.6 is 0 Å². The van der Waals surface area contributed by atoms with Crippen molar-refractivity contribution >= 4 is 21.7 Å². The molecule has 2 N–H and O–H groups in total. The van der Waals surface area contributed by atoms with E-state index in [1.165, 1.54) is 12.1 Å². The summed E-state index contributed by atoms with van der Waals surface area (Å²) in [4.78, 5) is 24.0. The van der Waals surface area contributed by atoms with E-state index in [4.69, 9.17) is 0 Å². The van der Waals surface area contributed by atoms with Gasteiger partial charge in [-0.3, -0.25) is 9.59 Å². The minimum atomic E-state index is -3.45. The molecule has 144 valence electrons. The van der Waals surface area contributed by atoms with Crippen molar-refractivity contribution in [2.75, 3.05) is 12.8 Å². The fourth-order valence-corrected chi connectivity index (χ4v) is 3.82. The van der Waals surface area contributed by atoms with Gasteiger partial charge in [0.2, 0.25) is 0 Å². The summed E-state index contributed by atoms with van der Waals surface area (Å²) < 4.78 is 23.6. The largest absolute Gasteiger partial charge is 0.481 e. The van der Waals surface area contributed by atoms with Crippen LogP contribution in [0.15, 0.2) is 47.4 Å². The molecular weight excluding hydrogens is 366 g/mol. The first kappa shape index (κ1) is 20.6. The van der Waals surface area contributed by atoms with Gasteiger partial charge in [-0.15, -0.1) is 0 Å². The maximum atomic E-state index is 12.4. The summed E-state index contributed by atoms with van der Waals surface area (Å²) in [6, 6.07) is 12.0. The fraction of sp³-hybridized carbons (Fsp3) is 0.300. The Morgan fingerprint density at radius 1 is 1.11 bits per heavy atom. The van der Waals surface area contributed by atoms with Crippen LogP contribution in [0.3, 0.4) is 0 Å². The van der Waals surface area contributed by atoms with Gasteiger partial charge in [-0.05, 0) is 43.5 Å². The Hall–Kier alpha value is -2.67. The first-order chi connectivity index (χ1) is 12.6. The van der Waals surface area contributed by atoms with Crippen molar-refractivity contribution in [3.63, 3.8) is 0 Å². The summed E-state index contributed by atoms with van der Waals surface area (Å²) in [5.41, 5.74) is 2.65. The molecule has 0 aliphatic rings. The molecule has 0 heterocycles. The zero-order valence-electron chi connectivity index (χ0n) is 15.5. The molecule has 1 amide bonds. The average Bonchev–Trinajstić information content (AvgIpc) is 2.57. The lowest BCUT2D eigenvalue weighted by Crippen LogP contribution is -2.34. The summed E-state index contributed by atoms with van der Waals surface area (Å²) in [5, 5.41) is 12.0. The molecule has 7 heteroatoms. The van der Waals surface area contributed by atoms with Gasteiger partial charge in [0, 0.05) is 18.4 Å². The molecule has 6 nitrogen and oxygen atoms in total. The second-order valence-corrected chi connectivity index (χ2v) is 8.67. The Bertz CT molecular complexity index is 966. The number of nitrogens with one attached hydrogen (secondary N) is 1. The predicted molar refractivity (Wildman–Crippen MR) is 103 cm³/mol. The Balaban J connectivity index is 2.11. The Morgan fingerprint density at radius 2 is 1.81 bits per heavy atom. The highest BCUT2D eigenvalue weighted by Gasteiger charge is 2.20. The van der Waals surface area contributed by atoms with Gasteiger partial charge >= 0.3 is 5.97 Å². The number of hydrogen-bond donors (Lipinski definition) is 2. The first-order valence-corrected chi connectivity index (χ1v) is 10.3. The fourth-order valence-electron chi connectivity index (χ4n) is 2.83. The van der Waals surface area contributed by atoms with Crippen molar-refractivity contribution in [1.82, 2.24) is 5.32 Å². The van der Waals surface area contributed by atoms with Gasteiger partial charge in [0.05, 0.1) is 10.8 Å². The van der Waals surface area contributed by atoms with Crippen molar-refractivity contribution in [3.8, 4) is 0 Å². The van der Waals surface area contributed by atoms with E-state index >= 15 is 0 Å². The summed E-state index contributed by atoms with van der Waals surface area (Å²) in [6.07, 6.45) is 1.37. The van der Waals surface area contributed by atoms with Crippen LogP contribution in [-0.2, 0) is 21.1 Å². The zero-order chi connectivity index (χ0) is 20.2. The highest BCUT2D eigenvalue weighted by Crippen LogP contribution is 2.17. The molecule has 0 saturated heterocycles.